The van der Waals surface area contributed by atoms with Crippen molar-refractivity contribution in [1.29, 1.82) is 0 Å². The van der Waals surface area contributed by atoms with Gasteiger partial charge in [-0.3, -0.25) is 0 Å². The summed E-state index contributed by atoms with van der Waals surface area (Å²) in [5.74, 6) is 0.346. The van der Waals surface area contributed by atoms with Crippen molar-refractivity contribution < 1.29 is 9.90 Å². The Kier molecular flexibility index (Phi) is 3.64. The zero-order valence-electron chi connectivity index (χ0n) is 11.3. The summed E-state index contributed by atoms with van der Waals surface area (Å²) in [5, 5.41) is 9.55. The van der Waals surface area contributed by atoms with Gasteiger partial charge in [-0.05, 0) is 18.9 Å². The molecule has 5 nitrogen and oxygen atoms in total. The Bertz CT molecular complexity index is 641. The van der Waals surface area contributed by atoms with Crippen molar-refractivity contribution >= 4 is 23.1 Å². The minimum absolute atomic E-state index is 0.498. The molecule has 2 heterocycles. The number of carbonyl (C=O) groups is 1. The first-order valence-electron chi connectivity index (χ1n) is 6.23. The van der Waals surface area contributed by atoms with Crippen LogP contribution in [0, 0.1) is 12.8 Å². The van der Waals surface area contributed by atoms with Crippen molar-refractivity contribution in [1.82, 2.24) is 15.0 Å². The van der Waals surface area contributed by atoms with E-state index in [0.717, 1.165) is 40.6 Å². The van der Waals surface area contributed by atoms with Crippen LogP contribution in [0.15, 0.2) is 12.3 Å². The number of H-pyrrole nitrogens is 1. The summed E-state index contributed by atoms with van der Waals surface area (Å²) in [6.45, 7) is 6.16. The van der Waals surface area contributed by atoms with Crippen LogP contribution in [0.2, 0.25) is 0 Å². The number of fused-ring (bicyclic) bond motifs is 1. The summed E-state index contributed by atoms with van der Waals surface area (Å²) in [6, 6.07) is 0. The molecule has 0 radical (unpaired) electrons. The fraction of sp³-hybridized carbons (Fsp3) is 0.357. The highest BCUT2D eigenvalue weighted by Gasteiger charge is 2.10. The molecule has 100 valence electrons. The molecule has 0 saturated carbocycles. The van der Waals surface area contributed by atoms with E-state index in [-0.39, 0.29) is 0 Å². The number of aliphatic carboxylic acids is 1. The minimum Gasteiger partial charge on any atom is -0.478 e. The Morgan fingerprint density at radius 2 is 2.21 bits per heavy atom. The van der Waals surface area contributed by atoms with E-state index in [1.54, 1.807) is 12.3 Å². The molecule has 5 heteroatoms. The van der Waals surface area contributed by atoms with E-state index in [1.165, 1.54) is 0 Å². The van der Waals surface area contributed by atoms with Crippen LogP contribution in [0.1, 0.15) is 30.9 Å². The lowest BCUT2D eigenvalue weighted by Gasteiger charge is -2.05. The summed E-state index contributed by atoms with van der Waals surface area (Å²) in [6.07, 6.45) is 5.25. The highest BCUT2D eigenvalue weighted by atomic mass is 16.4. The number of nitrogens with one attached hydrogen (secondary N) is 1. The van der Waals surface area contributed by atoms with Gasteiger partial charge in [0.1, 0.15) is 11.5 Å². The smallest absolute Gasteiger partial charge is 0.328 e. The summed E-state index contributed by atoms with van der Waals surface area (Å²) in [5.41, 5.74) is 2.42. The molecule has 0 bridgehead atoms. The molecule has 0 spiro atoms. The molecule has 0 atom stereocenters. The van der Waals surface area contributed by atoms with Crippen LogP contribution in [0.5, 0.6) is 0 Å². The first kappa shape index (κ1) is 13.3. The van der Waals surface area contributed by atoms with E-state index in [4.69, 9.17) is 5.11 Å². The molecule has 0 saturated heterocycles. The van der Waals surface area contributed by atoms with Crippen molar-refractivity contribution in [2.75, 3.05) is 0 Å². The average molecular weight is 259 g/mol. The van der Waals surface area contributed by atoms with Gasteiger partial charge in [0.05, 0.1) is 5.69 Å². The number of aromatic nitrogens is 3. The van der Waals surface area contributed by atoms with Gasteiger partial charge < -0.3 is 10.1 Å². The van der Waals surface area contributed by atoms with Crippen molar-refractivity contribution in [3.05, 3.63) is 29.4 Å². The van der Waals surface area contributed by atoms with Gasteiger partial charge in [0.25, 0.3) is 0 Å². The van der Waals surface area contributed by atoms with Crippen LogP contribution in [-0.2, 0) is 11.2 Å². The first-order chi connectivity index (χ1) is 8.97. The van der Waals surface area contributed by atoms with Gasteiger partial charge in [-0.25, -0.2) is 14.8 Å². The van der Waals surface area contributed by atoms with Crippen molar-refractivity contribution in [2.45, 2.75) is 27.2 Å². The molecule has 2 rings (SSSR count). The number of rotatable bonds is 4. The highest BCUT2D eigenvalue weighted by Crippen LogP contribution is 2.21. The Hall–Kier alpha value is -2.17. The lowest BCUT2D eigenvalue weighted by Crippen LogP contribution is -2.02. The van der Waals surface area contributed by atoms with Crippen LogP contribution < -0.4 is 0 Å². The fourth-order valence-electron chi connectivity index (χ4n) is 2.05. The number of aryl methyl sites for hydroxylation is 1. The van der Waals surface area contributed by atoms with Gasteiger partial charge in [-0.1, -0.05) is 13.8 Å². The Morgan fingerprint density at radius 1 is 1.47 bits per heavy atom. The average Bonchev–Trinajstić information content (AvgIpc) is 2.68. The maximum Gasteiger partial charge on any atom is 0.328 e. The zero-order valence-corrected chi connectivity index (χ0v) is 11.3. The highest BCUT2D eigenvalue weighted by molar-refractivity contribution is 5.93. The van der Waals surface area contributed by atoms with E-state index in [9.17, 15) is 4.79 Å². The summed E-state index contributed by atoms with van der Waals surface area (Å²) in [7, 11) is 0. The number of carboxylic acid groups (broad SMARTS) is 1. The molecule has 0 aliphatic rings. The Morgan fingerprint density at radius 3 is 2.84 bits per heavy atom. The number of nitrogens with zero attached hydrogens (tertiary/aromatic N) is 2. The van der Waals surface area contributed by atoms with E-state index < -0.39 is 5.97 Å². The van der Waals surface area contributed by atoms with E-state index in [0.29, 0.717) is 5.92 Å². The van der Waals surface area contributed by atoms with Gasteiger partial charge in [-0.15, -0.1) is 0 Å². The molecular formula is C14H17N3O2. The van der Waals surface area contributed by atoms with Crippen molar-refractivity contribution in [2.24, 2.45) is 5.92 Å². The van der Waals surface area contributed by atoms with Crippen LogP contribution in [-0.4, -0.2) is 26.0 Å². The zero-order chi connectivity index (χ0) is 14.0. The number of hydrogen-bond acceptors (Lipinski definition) is 3. The van der Waals surface area contributed by atoms with Gasteiger partial charge in [0, 0.05) is 29.6 Å². The number of carboxylic acids is 1. The predicted molar refractivity (Wildman–Crippen MR) is 73.8 cm³/mol. The second kappa shape index (κ2) is 5.22. The standard InChI is InChI=1S/C14H17N3O2/c1-8(2)6-11-16-9(3)13-10(4-5-12(18)19)7-15-14(13)17-11/h4-5,7-8H,6H2,1-3H3,(H,18,19)(H,15,16,17)/b5-4+. The van der Waals surface area contributed by atoms with E-state index >= 15 is 0 Å². The molecule has 0 unspecified atom stereocenters. The molecule has 0 fully saturated rings. The lowest BCUT2D eigenvalue weighted by atomic mass is 10.1. The van der Waals surface area contributed by atoms with Gasteiger partial charge in [0.2, 0.25) is 0 Å². The van der Waals surface area contributed by atoms with Crippen molar-refractivity contribution in [3.8, 4) is 0 Å². The van der Waals surface area contributed by atoms with Gasteiger partial charge >= 0.3 is 5.97 Å². The van der Waals surface area contributed by atoms with Crippen molar-refractivity contribution in [3.63, 3.8) is 0 Å². The summed E-state index contributed by atoms with van der Waals surface area (Å²) < 4.78 is 0. The van der Waals surface area contributed by atoms with Crippen LogP contribution >= 0.6 is 0 Å². The quantitative estimate of drug-likeness (QED) is 0.827. The second-order valence-corrected chi connectivity index (χ2v) is 4.96. The van der Waals surface area contributed by atoms with Crippen LogP contribution in [0.4, 0.5) is 0 Å². The maximum absolute atomic E-state index is 10.6. The predicted octanol–water partition coefficient (Wildman–Crippen LogP) is 2.56. The molecule has 19 heavy (non-hydrogen) atoms. The van der Waals surface area contributed by atoms with E-state index in [2.05, 4.69) is 28.8 Å². The maximum atomic E-state index is 10.6. The van der Waals surface area contributed by atoms with Gasteiger partial charge in [-0.2, -0.15) is 0 Å². The third-order valence-corrected chi connectivity index (χ3v) is 2.79. The van der Waals surface area contributed by atoms with Gasteiger partial charge in [0.15, 0.2) is 0 Å². The third kappa shape index (κ3) is 2.99. The molecule has 0 aliphatic carbocycles. The normalized spacial score (nSPS) is 11.8. The monoisotopic (exact) mass is 259 g/mol. The van der Waals surface area contributed by atoms with E-state index in [1.807, 2.05) is 6.92 Å². The van der Waals surface area contributed by atoms with Crippen LogP contribution in [0.25, 0.3) is 17.1 Å². The molecule has 0 amide bonds. The third-order valence-electron chi connectivity index (χ3n) is 2.79. The molecule has 2 aromatic heterocycles. The second-order valence-electron chi connectivity index (χ2n) is 4.96. The molecule has 2 N–H and O–H groups in total. The molecule has 0 aliphatic heterocycles. The summed E-state index contributed by atoms with van der Waals surface area (Å²) >= 11 is 0. The Balaban J connectivity index is 2.46. The molecular weight excluding hydrogens is 242 g/mol. The van der Waals surface area contributed by atoms with Crippen LogP contribution in [0.3, 0.4) is 0 Å². The largest absolute Gasteiger partial charge is 0.478 e. The first-order valence-corrected chi connectivity index (χ1v) is 6.23. The summed E-state index contributed by atoms with van der Waals surface area (Å²) in [4.78, 5) is 22.6. The Labute approximate surface area is 111 Å². The topological polar surface area (TPSA) is 78.9 Å². The SMILES string of the molecule is Cc1nc(CC(C)C)nc2[nH]cc(/C=C/C(=O)O)c12. The minimum atomic E-state index is -0.968. The molecule has 0 aromatic carbocycles. The fourth-order valence-corrected chi connectivity index (χ4v) is 2.05. The molecule has 2 aromatic rings. The number of hydrogen-bond donors (Lipinski definition) is 2. The number of aromatic amines is 1. The lowest BCUT2D eigenvalue weighted by molar-refractivity contribution is -0.131.